The number of benzene rings is 2. The number of rotatable bonds is 5. The van der Waals surface area contributed by atoms with Gasteiger partial charge in [-0.2, -0.15) is 0 Å². The van der Waals surface area contributed by atoms with Gasteiger partial charge < -0.3 is 15.2 Å². The molecule has 0 saturated heterocycles. The fraction of sp³-hybridized carbons (Fsp3) is 0.235. The second-order valence-corrected chi connectivity index (χ2v) is 5.39. The Morgan fingerprint density at radius 1 is 1.10 bits per heavy atom. The number of hydrogen-bond donors (Lipinski definition) is 1. The molecule has 2 aromatic carbocycles. The fourth-order valence-corrected chi connectivity index (χ4v) is 2.29. The maximum absolute atomic E-state index is 5.89. The monoisotopic (exact) mass is 301 g/mol. The van der Waals surface area contributed by atoms with E-state index in [1.54, 1.807) is 7.11 Å². The molecule has 0 unspecified atom stereocenters. The molecule has 110 valence electrons. The van der Waals surface area contributed by atoms with E-state index >= 15 is 0 Å². The summed E-state index contributed by atoms with van der Waals surface area (Å²) in [6.45, 7) is 4.50. The molecular weight excluding hydrogens is 282 g/mol. The van der Waals surface area contributed by atoms with E-state index in [9.17, 15) is 0 Å². The van der Waals surface area contributed by atoms with Crippen LogP contribution < -0.4 is 15.2 Å². The van der Waals surface area contributed by atoms with Crippen molar-refractivity contribution in [3.63, 3.8) is 0 Å². The van der Waals surface area contributed by atoms with Crippen LogP contribution in [0.15, 0.2) is 36.4 Å². The van der Waals surface area contributed by atoms with E-state index < -0.39 is 0 Å². The SMILES string of the molecule is COc1ccc(C(N)=S)cc1COc1ccc(C)cc1C. The summed E-state index contributed by atoms with van der Waals surface area (Å²) in [5.41, 5.74) is 9.73. The number of ether oxygens (including phenoxy) is 2. The van der Waals surface area contributed by atoms with Gasteiger partial charge in [-0.25, -0.2) is 0 Å². The van der Waals surface area contributed by atoms with Crippen molar-refractivity contribution in [2.45, 2.75) is 20.5 Å². The molecule has 0 amide bonds. The first-order valence-electron chi connectivity index (χ1n) is 6.68. The number of thiocarbonyl (C=S) groups is 1. The van der Waals surface area contributed by atoms with Gasteiger partial charge in [0.2, 0.25) is 0 Å². The molecule has 0 atom stereocenters. The lowest BCUT2D eigenvalue weighted by Gasteiger charge is -2.13. The number of methoxy groups -OCH3 is 1. The second kappa shape index (κ2) is 6.59. The molecule has 0 spiro atoms. The summed E-state index contributed by atoms with van der Waals surface area (Å²) in [4.78, 5) is 0.366. The topological polar surface area (TPSA) is 44.5 Å². The maximum atomic E-state index is 5.89. The van der Waals surface area contributed by atoms with Gasteiger partial charge in [0.25, 0.3) is 0 Å². The Kier molecular flexibility index (Phi) is 4.81. The van der Waals surface area contributed by atoms with Gasteiger partial charge in [-0.1, -0.05) is 29.9 Å². The normalized spacial score (nSPS) is 10.2. The zero-order valence-electron chi connectivity index (χ0n) is 12.5. The van der Waals surface area contributed by atoms with E-state index in [0.717, 1.165) is 28.2 Å². The zero-order chi connectivity index (χ0) is 15.4. The first-order chi connectivity index (χ1) is 10.0. The second-order valence-electron chi connectivity index (χ2n) is 4.95. The molecule has 2 N–H and O–H groups in total. The molecule has 2 aromatic rings. The van der Waals surface area contributed by atoms with E-state index in [1.165, 1.54) is 5.56 Å². The molecule has 0 aromatic heterocycles. The van der Waals surface area contributed by atoms with Gasteiger partial charge in [0, 0.05) is 11.1 Å². The molecule has 0 saturated carbocycles. The van der Waals surface area contributed by atoms with Crippen molar-refractivity contribution in [1.29, 1.82) is 0 Å². The van der Waals surface area contributed by atoms with Gasteiger partial charge in [0.05, 0.1) is 7.11 Å². The van der Waals surface area contributed by atoms with Gasteiger partial charge in [0.1, 0.15) is 23.1 Å². The van der Waals surface area contributed by atoms with E-state index in [0.29, 0.717) is 11.6 Å². The molecule has 0 fully saturated rings. The summed E-state index contributed by atoms with van der Waals surface area (Å²) in [6, 6.07) is 11.7. The molecule has 0 aliphatic rings. The third kappa shape index (κ3) is 3.73. The van der Waals surface area contributed by atoms with Gasteiger partial charge >= 0.3 is 0 Å². The first-order valence-corrected chi connectivity index (χ1v) is 7.09. The first kappa shape index (κ1) is 15.3. The highest BCUT2D eigenvalue weighted by atomic mass is 32.1. The Balaban J connectivity index is 2.22. The molecular formula is C17H19NO2S. The smallest absolute Gasteiger partial charge is 0.125 e. The van der Waals surface area contributed by atoms with E-state index in [2.05, 4.69) is 13.0 Å². The average molecular weight is 301 g/mol. The minimum absolute atomic E-state index is 0.366. The highest BCUT2D eigenvalue weighted by Crippen LogP contribution is 2.24. The molecule has 21 heavy (non-hydrogen) atoms. The molecule has 3 nitrogen and oxygen atoms in total. The molecule has 0 aliphatic carbocycles. The number of aryl methyl sites for hydroxylation is 2. The lowest BCUT2D eigenvalue weighted by atomic mass is 10.1. The largest absolute Gasteiger partial charge is 0.496 e. The fourth-order valence-electron chi connectivity index (χ4n) is 2.16. The Labute approximate surface area is 130 Å². The molecule has 0 radical (unpaired) electrons. The molecule has 2 rings (SSSR count). The quantitative estimate of drug-likeness (QED) is 0.858. The lowest BCUT2D eigenvalue weighted by Crippen LogP contribution is -2.10. The maximum Gasteiger partial charge on any atom is 0.125 e. The van der Waals surface area contributed by atoms with Gasteiger partial charge in [-0.05, 0) is 43.7 Å². The average Bonchev–Trinajstić information content (AvgIpc) is 2.46. The molecule has 0 heterocycles. The number of hydrogen-bond acceptors (Lipinski definition) is 3. The highest BCUT2D eigenvalue weighted by Gasteiger charge is 2.08. The zero-order valence-corrected chi connectivity index (χ0v) is 13.3. The Morgan fingerprint density at radius 3 is 2.43 bits per heavy atom. The van der Waals surface area contributed by atoms with Crippen molar-refractivity contribution in [3.05, 3.63) is 58.7 Å². The summed E-state index contributed by atoms with van der Waals surface area (Å²) in [7, 11) is 1.64. The van der Waals surface area contributed by atoms with Crippen LogP contribution in [-0.2, 0) is 6.61 Å². The summed E-state index contributed by atoms with van der Waals surface area (Å²) >= 11 is 5.01. The van der Waals surface area contributed by atoms with E-state index in [4.69, 9.17) is 27.4 Å². The summed E-state index contributed by atoms with van der Waals surface area (Å²) in [6.07, 6.45) is 0. The van der Waals surface area contributed by atoms with Crippen LogP contribution in [-0.4, -0.2) is 12.1 Å². The van der Waals surface area contributed by atoms with Crippen LogP contribution in [0.3, 0.4) is 0 Å². The van der Waals surface area contributed by atoms with Crippen LogP contribution in [0.5, 0.6) is 11.5 Å². The molecule has 4 heteroatoms. The van der Waals surface area contributed by atoms with Crippen molar-refractivity contribution in [2.24, 2.45) is 5.73 Å². The van der Waals surface area contributed by atoms with Crippen molar-refractivity contribution >= 4 is 17.2 Å². The summed E-state index contributed by atoms with van der Waals surface area (Å²) in [5, 5.41) is 0. The van der Waals surface area contributed by atoms with Crippen LogP contribution in [0.1, 0.15) is 22.3 Å². The minimum atomic E-state index is 0.366. The van der Waals surface area contributed by atoms with Crippen LogP contribution in [0, 0.1) is 13.8 Å². The third-order valence-electron chi connectivity index (χ3n) is 3.28. The highest BCUT2D eigenvalue weighted by molar-refractivity contribution is 7.80. The Morgan fingerprint density at radius 2 is 1.81 bits per heavy atom. The van der Waals surface area contributed by atoms with Crippen LogP contribution in [0.4, 0.5) is 0 Å². The standard InChI is InChI=1S/C17H19NO2S/c1-11-4-6-15(12(2)8-11)20-10-14-9-13(17(18)21)5-7-16(14)19-3/h4-9H,10H2,1-3H3,(H2,18,21). The van der Waals surface area contributed by atoms with Crippen LogP contribution >= 0.6 is 12.2 Å². The van der Waals surface area contributed by atoms with E-state index in [1.807, 2.05) is 37.3 Å². The predicted octanol–water partition coefficient (Wildman–Crippen LogP) is 3.53. The molecule has 0 aliphatic heterocycles. The van der Waals surface area contributed by atoms with Crippen molar-refractivity contribution in [2.75, 3.05) is 7.11 Å². The Bertz CT molecular complexity index is 668. The summed E-state index contributed by atoms with van der Waals surface area (Å²) in [5.74, 6) is 1.63. The third-order valence-corrected chi connectivity index (χ3v) is 3.51. The van der Waals surface area contributed by atoms with Crippen LogP contribution in [0.25, 0.3) is 0 Å². The van der Waals surface area contributed by atoms with Gasteiger partial charge in [-0.3, -0.25) is 0 Å². The van der Waals surface area contributed by atoms with E-state index in [-0.39, 0.29) is 0 Å². The van der Waals surface area contributed by atoms with Gasteiger partial charge in [-0.15, -0.1) is 0 Å². The summed E-state index contributed by atoms with van der Waals surface area (Å²) < 4.78 is 11.2. The molecule has 0 bridgehead atoms. The minimum Gasteiger partial charge on any atom is -0.496 e. The lowest BCUT2D eigenvalue weighted by molar-refractivity contribution is 0.294. The van der Waals surface area contributed by atoms with Crippen molar-refractivity contribution in [3.8, 4) is 11.5 Å². The predicted molar refractivity (Wildman–Crippen MR) is 89.1 cm³/mol. The Hall–Kier alpha value is -2.07. The van der Waals surface area contributed by atoms with Crippen molar-refractivity contribution in [1.82, 2.24) is 0 Å². The van der Waals surface area contributed by atoms with Gasteiger partial charge in [0.15, 0.2) is 0 Å². The van der Waals surface area contributed by atoms with Crippen molar-refractivity contribution < 1.29 is 9.47 Å². The number of nitrogens with two attached hydrogens (primary N) is 1. The van der Waals surface area contributed by atoms with Crippen LogP contribution in [0.2, 0.25) is 0 Å².